The first kappa shape index (κ1) is 11.8. The molecular weight excluding hydrogens is 214 g/mol. The third kappa shape index (κ3) is 2.09. The van der Waals surface area contributed by atoms with Crippen molar-refractivity contribution in [1.82, 2.24) is 5.32 Å². The minimum Gasteiger partial charge on any atom is -0.296 e. The molecule has 0 radical (unpaired) electrons. The summed E-state index contributed by atoms with van der Waals surface area (Å²) in [5, 5.41) is 2.38. The molecule has 2 rings (SSSR count). The molecule has 0 bridgehead atoms. The average Bonchev–Trinajstić information content (AvgIpc) is 2.28. The highest BCUT2D eigenvalue weighted by Crippen LogP contribution is 2.40. The molecule has 3 heteroatoms. The Morgan fingerprint density at radius 2 is 1.59 bits per heavy atom. The van der Waals surface area contributed by atoms with Crippen molar-refractivity contribution in [2.45, 2.75) is 32.1 Å². The lowest BCUT2D eigenvalue weighted by molar-refractivity contribution is -0.136. The van der Waals surface area contributed by atoms with Crippen LogP contribution in [0.5, 0.6) is 0 Å². The van der Waals surface area contributed by atoms with E-state index in [0.29, 0.717) is 12.8 Å². The number of carbonyl (C=O) groups excluding carboxylic acids is 2. The van der Waals surface area contributed by atoms with Crippen LogP contribution >= 0.6 is 0 Å². The molecule has 0 unspecified atom stereocenters. The van der Waals surface area contributed by atoms with E-state index < -0.39 is 0 Å². The van der Waals surface area contributed by atoms with E-state index >= 15 is 0 Å². The van der Waals surface area contributed by atoms with Crippen LogP contribution < -0.4 is 5.32 Å². The van der Waals surface area contributed by atoms with Gasteiger partial charge in [-0.2, -0.15) is 0 Å². The van der Waals surface area contributed by atoms with E-state index in [4.69, 9.17) is 0 Å². The Morgan fingerprint density at radius 1 is 1.06 bits per heavy atom. The van der Waals surface area contributed by atoms with Crippen molar-refractivity contribution in [1.29, 1.82) is 0 Å². The first-order valence-corrected chi connectivity index (χ1v) is 5.93. The number of benzene rings is 1. The van der Waals surface area contributed by atoms with Crippen LogP contribution in [0.1, 0.15) is 32.3 Å². The van der Waals surface area contributed by atoms with Crippen molar-refractivity contribution in [3.05, 3.63) is 35.9 Å². The maximum Gasteiger partial charge on any atom is 0.227 e. The Kier molecular flexibility index (Phi) is 3.01. The second-order valence-electron chi connectivity index (χ2n) is 5.00. The van der Waals surface area contributed by atoms with Crippen molar-refractivity contribution in [3.63, 3.8) is 0 Å². The lowest BCUT2D eigenvalue weighted by Crippen LogP contribution is -2.49. The minimum absolute atomic E-state index is 0.168. The largest absolute Gasteiger partial charge is 0.296 e. The molecule has 0 spiro atoms. The Labute approximate surface area is 101 Å². The molecule has 17 heavy (non-hydrogen) atoms. The van der Waals surface area contributed by atoms with Crippen LogP contribution in [0.2, 0.25) is 0 Å². The second kappa shape index (κ2) is 4.32. The van der Waals surface area contributed by atoms with Gasteiger partial charge in [0.2, 0.25) is 11.8 Å². The van der Waals surface area contributed by atoms with Gasteiger partial charge in [0.1, 0.15) is 0 Å². The van der Waals surface area contributed by atoms with Crippen LogP contribution in [-0.2, 0) is 15.0 Å². The molecule has 2 amide bonds. The molecule has 1 saturated heterocycles. The number of imide groups is 1. The fraction of sp³-hybridized carbons (Fsp3) is 0.429. The Balaban J connectivity index is 2.46. The van der Waals surface area contributed by atoms with Gasteiger partial charge in [-0.25, -0.2) is 0 Å². The summed E-state index contributed by atoms with van der Waals surface area (Å²) < 4.78 is 0. The molecule has 1 aliphatic rings. The molecule has 0 atom stereocenters. The van der Waals surface area contributed by atoms with Crippen molar-refractivity contribution >= 4 is 11.8 Å². The number of hydrogen-bond donors (Lipinski definition) is 1. The number of hydrogen-bond acceptors (Lipinski definition) is 2. The summed E-state index contributed by atoms with van der Waals surface area (Å²) in [6, 6.07) is 9.87. The molecule has 0 aliphatic carbocycles. The number of rotatable bonds is 2. The Morgan fingerprint density at radius 3 is 2.06 bits per heavy atom. The number of amides is 2. The standard InChI is InChI=1S/C14H17NO2/c1-10(2)14(11-6-4-3-5-7-11)8-12(16)15-13(17)9-14/h3-7,10H,8-9H2,1-2H3,(H,15,16,17). The third-order valence-electron chi connectivity index (χ3n) is 3.68. The number of carbonyl (C=O) groups is 2. The Bertz CT molecular complexity index is 421. The lowest BCUT2D eigenvalue weighted by Gasteiger charge is -2.40. The molecule has 1 aliphatic heterocycles. The van der Waals surface area contributed by atoms with E-state index in [0.717, 1.165) is 5.56 Å². The van der Waals surface area contributed by atoms with Crippen molar-refractivity contribution in [3.8, 4) is 0 Å². The van der Waals surface area contributed by atoms with Crippen LogP contribution in [0.3, 0.4) is 0 Å². The van der Waals surface area contributed by atoms with Gasteiger partial charge in [0.15, 0.2) is 0 Å². The van der Waals surface area contributed by atoms with E-state index in [1.807, 2.05) is 30.3 Å². The molecule has 3 nitrogen and oxygen atoms in total. The van der Waals surface area contributed by atoms with E-state index in [1.54, 1.807) is 0 Å². The van der Waals surface area contributed by atoms with Gasteiger partial charge in [0.25, 0.3) is 0 Å². The molecule has 0 aromatic heterocycles. The van der Waals surface area contributed by atoms with E-state index in [-0.39, 0.29) is 23.1 Å². The molecule has 90 valence electrons. The molecule has 1 N–H and O–H groups in total. The van der Waals surface area contributed by atoms with Crippen LogP contribution in [0.15, 0.2) is 30.3 Å². The van der Waals surface area contributed by atoms with Gasteiger partial charge in [-0.05, 0) is 11.5 Å². The first-order valence-electron chi connectivity index (χ1n) is 5.93. The monoisotopic (exact) mass is 231 g/mol. The average molecular weight is 231 g/mol. The SMILES string of the molecule is CC(C)C1(c2ccccc2)CC(=O)NC(=O)C1. The van der Waals surface area contributed by atoms with E-state index in [2.05, 4.69) is 19.2 Å². The highest BCUT2D eigenvalue weighted by molar-refractivity contribution is 5.99. The smallest absolute Gasteiger partial charge is 0.227 e. The quantitative estimate of drug-likeness (QED) is 0.791. The summed E-state index contributed by atoms with van der Waals surface area (Å²) >= 11 is 0. The van der Waals surface area contributed by atoms with Crippen molar-refractivity contribution in [2.75, 3.05) is 0 Å². The summed E-state index contributed by atoms with van der Waals surface area (Å²) in [5.41, 5.74) is 0.735. The van der Waals surface area contributed by atoms with Gasteiger partial charge in [-0.1, -0.05) is 44.2 Å². The van der Waals surface area contributed by atoms with E-state index in [1.165, 1.54) is 0 Å². The Hall–Kier alpha value is -1.64. The molecule has 0 saturated carbocycles. The lowest BCUT2D eigenvalue weighted by atomic mass is 9.65. The molecule has 1 heterocycles. The van der Waals surface area contributed by atoms with Gasteiger partial charge in [0, 0.05) is 18.3 Å². The fourth-order valence-corrected chi connectivity index (χ4v) is 2.60. The van der Waals surface area contributed by atoms with Crippen LogP contribution in [0, 0.1) is 5.92 Å². The van der Waals surface area contributed by atoms with Crippen LogP contribution in [0.4, 0.5) is 0 Å². The normalized spacial score (nSPS) is 19.2. The first-order chi connectivity index (χ1) is 8.04. The van der Waals surface area contributed by atoms with Gasteiger partial charge in [0.05, 0.1) is 0 Å². The zero-order valence-corrected chi connectivity index (χ0v) is 10.2. The topological polar surface area (TPSA) is 46.2 Å². The predicted molar refractivity (Wildman–Crippen MR) is 65.3 cm³/mol. The van der Waals surface area contributed by atoms with Gasteiger partial charge in [-0.15, -0.1) is 0 Å². The second-order valence-corrected chi connectivity index (χ2v) is 5.00. The summed E-state index contributed by atoms with van der Waals surface area (Å²) in [6.45, 7) is 4.14. The zero-order chi connectivity index (χ0) is 12.5. The summed E-state index contributed by atoms with van der Waals surface area (Å²) in [6.07, 6.45) is 0.779. The zero-order valence-electron chi connectivity index (χ0n) is 10.2. The van der Waals surface area contributed by atoms with Crippen molar-refractivity contribution < 1.29 is 9.59 Å². The highest BCUT2D eigenvalue weighted by atomic mass is 16.2. The maximum atomic E-state index is 11.6. The summed E-state index contributed by atoms with van der Waals surface area (Å²) in [5.74, 6) is -0.0856. The van der Waals surface area contributed by atoms with Gasteiger partial charge < -0.3 is 0 Å². The minimum atomic E-state index is -0.347. The fourth-order valence-electron chi connectivity index (χ4n) is 2.60. The number of piperidine rings is 1. The van der Waals surface area contributed by atoms with Crippen LogP contribution in [0.25, 0.3) is 0 Å². The van der Waals surface area contributed by atoms with Gasteiger partial charge in [-0.3, -0.25) is 14.9 Å². The molecular formula is C14H17NO2. The van der Waals surface area contributed by atoms with Gasteiger partial charge >= 0.3 is 0 Å². The summed E-state index contributed by atoms with van der Waals surface area (Å²) in [4.78, 5) is 23.3. The third-order valence-corrected chi connectivity index (χ3v) is 3.68. The number of nitrogens with one attached hydrogen (secondary N) is 1. The highest BCUT2D eigenvalue weighted by Gasteiger charge is 2.43. The van der Waals surface area contributed by atoms with Crippen LogP contribution in [-0.4, -0.2) is 11.8 Å². The summed E-state index contributed by atoms with van der Waals surface area (Å²) in [7, 11) is 0. The van der Waals surface area contributed by atoms with E-state index in [9.17, 15) is 9.59 Å². The van der Waals surface area contributed by atoms with Crippen molar-refractivity contribution in [2.24, 2.45) is 5.92 Å². The predicted octanol–water partition coefficient (Wildman–Crippen LogP) is 2.02. The molecule has 1 aromatic rings. The molecule has 1 aromatic carbocycles. The maximum absolute atomic E-state index is 11.6. The molecule has 1 fully saturated rings.